The number of aryl methyl sites for hydroxylation is 3. The lowest BCUT2D eigenvalue weighted by Crippen LogP contribution is -2.52. The smallest absolute Gasteiger partial charge is 0.339 e. The average Bonchev–Trinajstić information content (AvgIpc) is 1.51. The molecule has 5 rings (SSSR count). The number of ether oxygens (including phenoxy) is 4. The normalized spacial score (nSPS) is 14.5. The van der Waals surface area contributed by atoms with Crippen molar-refractivity contribution in [1.29, 1.82) is 0 Å². The van der Waals surface area contributed by atoms with Crippen molar-refractivity contribution in [3.05, 3.63) is 81.4 Å². The fourth-order valence-electron chi connectivity index (χ4n) is 11.6. The Hall–Kier alpha value is -8.42. The van der Waals surface area contributed by atoms with Gasteiger partial charge in [-0.25, -0.2) is 13.4 Å². The van der Waals surface area contributed by atoms with Crippen LogP contribution in [0.2, 0.25) is 0 Å². The molecule has 41 nitrogen and oxygen atoms in total. The van der Waals surface area contributed by atoms with Crippen molar-refractivity contribution >= 4 is 95.5 Å². The van der Waals surface area contributed by atoms with E-state index in [9.17, 15) is 105 Å². The number of hydrogen-bond donors (Lipinski definition) is 16. The van der Waals surface area contributed by atoms with Gasteiger partial charge in [-0.15, -0.1) is 0 Å². The van der Waals surface area contributed by atoms with Gasteiger partial charge in [0.15, 0.2) is 5.95 Å². The number of unbranched alkanes of at least 4 members (excludes halogenated alkanes) is 1. The number of carboxylic acid groups (broad SMARTS) is 4. The van der Waals surface area contributed by atoms with Crippen molar-refractivity contribution < 1.29 is 120 Å². The van der Waals surface area contributed by atoms with Crippen LogP contribution in [0.5, 0.6) is 5.75 Å². The van der Waals surface area contributed by atoms with E-state index in [1.165, 1.54) is 32.2 Å². The summed E-state index contributed by atoms with van der Waals surface area (Å²) in [5, 5.41) is 55.3. The standard InChI is InChI=1S/C66H103N15O26P2S/c1-46-33-49(34-47(2)62(46)110(102,103)75-53(65(94)95)37-72-63(92)51-38-76(3)54-35-48(11-12-50(54)61(51)91)36-73-66-70-16-17-71-66)107-28-6-10-55(82)67-14-7-26-104-29-31-106-32-30-105-27-8-15-69-64(93)52(9-4-5-13-68-56(83)39-81(44-108(96,97)98)45-109(99,100)101)74-57(84)40-77-18-20-78(41-58(85)86)22-24-80(43-60(89)90)25-23-79(21-19-77)42-59(87)88/h11-12,16-17,33-35,38,52-53,75H,4-10,13-15,18-32,36-37,39-45H2,1-3H3,(H,67,82)(H,68,83)(H,69,93)(H,72,92)(H,74,84)(H,85,86)(H,87,88)(H,89,90)(H,94,95)(H2,70,71,73)(H2,96,97,98)(H2,99,100,101)/t52-,53+/m1/s1. The van der Waals surface area contributed by atoms with E-state index in [0.29, 0.717) is 61.1 Å². The summed E-state index contributed by atoms with van der Waals surface area (Å²) in [6, 6.07) is 5.06. The summed E-state index contributed by atoms with van der Waals surface area (Å²) in [4.78, 5) is 178. The zero-order valence-corrected chi connectivity index (χ0v) is 64.3. The van der Waals surface area contributed by atoms with Crippen LogP contribution >= 0.6 is 15.2 Å². The summed E-state index contributed by atoms with van der Waals surface area (Å²) in [7, 11) is -12.5. The lowest BCUT2D eigenvalue weighted by atomic mass is 10.1. The van der Waals surface area contributed by atoms with Gasteiger partial charge in [0.2, 0.25) is 39.1 Å². The molecule has 0 saturated carbocycles. The number of rotatable bonds is 50. The number of nitrogens with one attached hydrogen (secondary N) is 8. The van der Waals surface area contributed by atoms with Crippen LogP contribution in [0, 0.1) is 13.8 Å². The molecule has 2 aromatic carbocycles. The van der Waals surface area contributed by atoms with Gasteiger partial charge in [0, 0.05) is 136 Å². The van der Waals surface area contributed by atoms with Crippen molar-refractivity contribution in [2.75, 3.05) is 175 Å². The van der Waals surface area contributed by atoms with E-state index in [0.717, 1.165) is 5.56 Å². The number of imidazole rings is 1. The number of carboxylic acids is 4. The van der Waals surface area contributed by atoms with Gasteiger partial charge in [-0.2, -0.15) is 4.72 Å². The second-order valence-electron chi connectivity index (χ2n) is 26.1. The highest BCUT2D eigenvalue weighted by atomic mass is 32.2. The van der Waals surface area contributed by atoms with Gasteiger partial charge in [0.05, 0.1) is 76.2 Å². The van der Waals surface area contributed by atoms with E-state index >= 15 is 0 Å². The van der Waals surface area contributed by atoms with E-state index in [1.807, 2.05) is 0 Å². The topological polar surface area (TPSA) is 572 Å². The fourth-order valence-corrected chi connectivity index (χ4v) is 14.8. The minimum Gasteiger partial charge on any atom is -0.494 e. The van der Waals surface area contributed by atoms with Gasteiger partial charge in [0.1, 0.15) is 36.0 Å². The SMILES string of the molecule is Cc1cc(OCCCC(=O)NCCCOCCOCCOCCCNC(=O)[C@@H](CCCCNC(=O)CN(CP(=O)(O)O)CP(=O)(O)O)NC(=O)CN2CCN(CC(=O)O)CCN(CC(=O)O)CCN(CC(=O)O)CC2)cc(C)c1S(=O)(=O)N[C@@H](CNC(=O)c1cn(C)c2cc(CNc3ncc[nH]3)ccc2c1=O)C(=O)O. The molecule has 1 aliphatic rings. The quantitative estimate of drug-likeness (QED) is 0.0163. The van der Waals surface area contributed by atoms with Gasteiger partial charge < -0.3 is 100 Å². The van der Waals surface area contributed by atoms with E-state index in [2.05, 4.69) is 46.6 Å². The number of hydrogen-bond acceptors (Lipinski definition) is 25. The average molecular weight is 1620 g/mol. The highest BCUT2D eigenvalue weighted by Crippen LogP contribution is 2.40. The molecule has 2 atom stereocenters. The third-order valence-corrected chi connectivity index (χ3v) is 20.1. The number of H-pyrrole nitrogens is 1. The molecular weight excluding hydrogens is 1510 g/mol. The van der Waals surface area contributed by atoms with Gasteiger partial charge in [-0.05, 0) is 93.3 Å². The fraction of sp³-hybridized carbons (Fsp3) is 0.591. The first-order valence-corrected chi connectivity index (χ1v) is 40.4. The van der Waals surface area contributed by atoms with Crippen LogP contribution in [0.1, 0.15) is 72.0 Å². The first-order chi connectivity index (χ1) is 52.0. The van der Waals surface area contributed by atoms with Gasteiger partial charge in [-0.1, -0.05) is 6.07 Å². The first kappa shape index (κ1) is 92.2. The Labute approximate surface area is 634 Å². The Morgan fingerprint density at radius 3 is 1.66 bits per heavy atom. The Bertz CT molecular complexity index is 3900. The maximum atomic E-state index is 13.8. The molecule has 110 heavy (non-hydrogen) atoms. The van der Waals surface area contributed by atoms with E-state index in [1.54, 1.807) is 61.8 Å². The molecule has 4 aromatic rings. The molecule has 5 amide bonds. The van der Waals surface area contributed by atoms with Gasteiger partial charge in [-0.3, -0.25) is 81.6 Å². The van der Waals surface area contributed by atoms with Crippen LogP contribution in [-0.4, -0.2) is 323 Å². The maximum absolute atomic E-state index is 13.8. The van der Waals surface area contributed by atoms with Crippen LogP contribution in [0.25, 0.3) is 10.9 Å². The summed E-state index contributed by atoms with van der Waals surface area (Å²) in [5.41, 5.74) is 0.951. The summed E-state index contributed by atoms with van der Waals surface area (Å²) >= 11 is 0. The predicted octanol–water partition coefficient (Wildman–Crippen LogP) is -2.31. The van der Waals surface area contributed by atoms with Crippen LogP contribution in [0.3, 0.4) is 0 Å². The highest BCUT2D eigenvalue weighted by molar-refractivity contribution is 7.89. The largest absolute Gasteiger partial charge is 0.494 e. The number of aromatic amines is 1. The molecule has 0 spiro atoms. The Kier molecular flexibility index (Phi) is 39.4. The van der Waals surface area contributed by atoms with E-state index in [4.69, 9.17) is 18.9 Å². The van der Waals surface area contributed by atoms with Crippen LogP contribution in [0.4, 0.5) is 5.95 Å². The molecule has 0 aliphatic carbocycles. The van der Waals surface area contributed by atoms with E-state index in [-0.39, 0.29) is 190 Å². The molecule has 2 aromatic heterocycles. The molecule has 1 aliphatic heterocycles. The molecule has 16 N–H and O–H groups in total. The maximum Gasteiger partial charge on any atom is 0.339 e. The van der Waals surface area contributed by atoms with Crippen molar-refractivity contribution in [2.45, 2.75) is 82.3 Å². The number of sulfonamides is 1. The summed E-state index contributed by atoms with van der Waals surface area (Å²) in [6.07, 6.45) is 4.20. The molecule has 0 radical (unpaired) electrons. The molecule has 0 bridgehead atoms. The molecule has 44 heteroatoms. The van der Waals surface area contributed by atoms with Crippen LogP contribution in [-0.2, 0) is 85.3 Å². The number of nitrogens with zero attached hydrogens (tertiary/aromatic N) is 7. The summed E-state index contributed by atoms with van der Waals surface area (Å²) in [5.74, 6) is -7.20. The minimum absolute atomic E-state index is 0.0275. The number of carbonyl (C=O) groups is 9. The molecule has 3 heterocycles. The van der Waals surface area contributed by atoms with Crippen LogP contribution < -0.4 is 46.8 Å². The summed E-state index contributed by atoms with van der Waals surface area (Å²) < 4.78 is 76.9. The van der Waals surface area contributed by atoms with Gasteiger partial charge in [0.25, 0.3) is 5.91 Å². The number of pyridine rings is 1. The number of benzene rings is 2. The second kappa shape index (κ2) is 47.1. The molecule has 1 fully saturated rings. The Morgan fingerprint density at radius 2 is 1.15 bits per heavy atom. The molecular formula is C66H103N15O26P2S. The van der Waals surface area contributed by atoms with Gasteiger partial charge >= 0.3 is 39.1 Å². The second-order valence-corrected chi connectivity index (χ2v) is 30.9. The Balaban J connectivity index is 0.977. The number of anilines is 1. The number of aromatic nitrogens is 3. The molecule has 614 valence electrons. The van der Waals surface area contributed by atoms with Crippen LogP contribution in [0.15, 0.2) is 58.6 Å². The zero-order valence-electron chi connectivity index (χ0n) is 61.7. The highest BCUT2D eigenvalue weighted by Gasteiger charge is 2.32. The third-order valence-electron chi connectivity index (χ3n) is 16.7. The lowest BCUT2D eigenvalue weighted by Gasteiger charge is -2.33. The minimum atomic E-state index is -4.81. The predicted molar refractivity (Wildman–Crippen MR) is 396 cm³/mol. The molecule has 1 saturated heterocycles. The summed E-state index contributed by atoms with van der Waals surface area (Å²) in [6.45, 7) is 3.68. The lowest BCUT2D eigenvalue weighted by molar-refractivity contribution is -0.140. The van der Waals surface area contributed by atoms with E-state index < -0.39 is 116 Å². The van der Waals surface area contributed by atoms with Crippen molar-refractivity contribution in [3.63, 3.8) is 0 Å². The number of aliphatic carboxylic acids is 4. The monoisotopic (exact) mass is 1620 g/mol. The van der Waals surface area contributed by atoms with Crippen molar-refractivity contribution in [3.8, 4) is 5.75 Å². The number of fused-ring (bicyclic) bond motifs is 1. The zero-order chi connectivity index (χ0) is 81.0. The third kappa shape index (κ3) is 36.2. The number of carbonyl (C=O) groups excluding carboxylic acids is 5. The molecule has 0 unspecified atom stereocenters. The van der Waals surface area contributed by atoms with Crippen molar-refractivity contribution in [2.24, 2.45) is 7.05 Å². The number of amides is 5. The Morgan fingerprint density at radius 1 is 0.627 bits per heavy atom. The first-order valence-electron chi connectivity index (χ1n) is 35.4. The van der Waals surface area contributed by atoms with Crippen molar-refractivity contribution in [1.82, 2.24) is 70.3 Å².